The Morgan fingerprint density at radius 3 is 2.41 bits per heavy atom. The average Bonchev–Trinajstić information content (AvgIpc) is 2.26. The molecule has 5 heteroatoms. The van der Waals surface area contributed by atoms with Gasteiger partial charge in [0.2, 0.25) is 0 Å². The quantitative estimate of drug-likeness (QED) is 0.781. The number of aliphatic carboxylic acids is 2. The number of carbonyl (C=O) groups is 2. The van der Waals surface area contributed by atoms with Crippen molar-refractivity contribution < 1.29 is 24.5 Å². The lowest BCUT2D eigenvalue weighted by Crippen LogP contribution is -2.06. The van der Waals surface area contributed by atoms with Crippen LogP contribution in [-0.2, 0) is 22.4 Å². The van der Waals surface area contributed by atoms with Crippen LogP contribution in [0, 0.1) is 0 Å². The zero-order valence-corrected chi connectivity index (χ0v) is 9.47. The molecule has 92 valence electrons. The van der Waals surface area contributed by atoms with Crippen LogP contribution in [-0.4, -0.2) is 29.3 Å². The third-order valence-electron chi connectivity index (χ3n) is 2.36. The molecule has 0 radical (unpaired) electrons. The van der Waals surface area contributed by atoms with Crippen molar-refractivity contribution in [1.29, 1.82) is 0 Å². The molecule has 17 heavy (non-hydrogen) atoms. The van der Waals surface area contributed by atoms with Crippen molar-refractivity contribution in [3.8, 4) is 5.75 Å². The van der Waals surface area contributed by atoms with Crippen molar-refractivity contribution in [2.75, 3.05) is 7.11 Å². The lowest BCUT2D eigenvalue weighted by molar-refractivity contribution is -0.137. The van der Waals surface area contributed by atoms with Gasteiger partial charge in [-0.2, -0.15) is 0 Å². The van der Waals surface area contributed by atoms with E-state index >= 15 is 0 Å². The number of ether oxygens (including phenoxy) is 1. The molecule has 0 unspecified atom stereocenters. The van der Waals surface area contributed by atoms with E-state index in [1.165, 1.54) is 7.11 Å². The Hall–Kier alpha value is -2.04. The Morgan fingerprint density at radius 2 is 1.88 bits per heavy atom. The van der Waals surface area contributed by atoms with Crippen LogP contribution in [0.4, 0.5) is 0 Å². The number of rotatable bonds is 6. The predicted molar refractivity (Wildman–Crippen MR) is 60.3 cm³/mol. The summed E-state index contributed by atoms with van der Waals surface area (Å²) in [5.74, 6) is -1.28. The van der Waals surface area contributed by atoms with Gasteiger partial charge in [0.1, 0.15) is 5.75 Å². The summed E-state index contributed by atoms with van der Waals surface area (Å²) < 4.78 is 5.01. The van der Waals surface area contributed by atoms with E-state index in [-0.39, 0.29) is 12.8 Å². The lowest BCUT2D eigenvalue weighted by Gasteiger charge is -2.09. The second-order valence-corrected chi connectivity index (χ2v) is 3.60. The van der Waals surface area contributed by atoms with E-state index in [0.29, 0.717) is 17.7 Å². The SMILES string of the molecule is COc1ccc(CCC(=O)O)c(CC(=O)O)c1. The van der Waals surface area contributed by atoms with Crippen LogP contribution in [0.25, 0.3) is 0 Å². The predicted octanol–water partition coefficient (Wildman–Crippen LogP) is 1.34. The van der Waals surface area contributed by atoms with Gasteiger partial charge < -0.3 is 14.9 Å². The third kappa shape index (κ3) is 4.14. The van der Waals surface area contributed by atoms with Gasteiger partial charge in [-0.05, 0) is 29.7 Å². The molecule has 0 saturated carbocycles. The molecule has 2 N–H and O–H groups in total. The van der Waals surface area contributed by atoms with Crippen molar-refractivity contribution in [3.63, 3.8) is 0 Å². The number of methoxy groups -OCH3 is 1. The molecule has 0 atom stereocenters. The second kappa shape index (κ2) is 5.89. The largest absolute Gasteiger partial charge is 0.497 e. The van der Waals surface area contributed by atoms with E-state index in [1.807, 2.05) is 0 Å². The Bertz CT molecular complexity index is 425. The summed E-state index contributed by atoms with van der Waals surface area (Å²) in [5, 5.41) is 17.4. The van der Waals surface area contributed by atoms with Crippen LogP contribution in [0.2, 0.25) is 0 Å². The smallest absolute Gasteiger partial charge is 0.307 e. The van der Waals surface area contributed by atoms with Gasteiger partial charge in [0.05, 0.1) is 13.5 Å². The van der Waals surface area contributed by atoms with Gasteiger partial charge in [0.15, 0.2) is 0 Å². The molecule has 0 amide bonds. The molecule has 0 aromatic heterocycles. The highest BCUT2D eigenvalue weighted by atomic mass is 16.5. The summed E-state index contributed by atoms with van der Waals surface area (Å²) in [7, 11) is 1.50. The fourth-order valence-electron chi connectivity index (χ4n) is 1.54. The highest BCUT2D eigenvalue weighted by Crippen LogP contribution is 2.19. The lowest BCUT2D eigenvalue weighted by atomic mass is 10.00. The number of aryl methyl sites for hydroxylation is 1. The van der Waals surface area contributed by atoms with Crippen molar-refractivity contribution in [3.05, 3.63) is 29.3 Å². The van der Waals surface area contributed by atoms with Gasteiger partial charge in [-0.3, -0.25) is 9.59 Å². The minimum Gasteiger partial charge on any atom is -0.497 e. The van der Waals surface area contributed by atoms with Crippen molar-refractivity contribution in [2.45, 2.75) is 19.3 Å². The second-order valence-electron chi connectivity index (χ2n) is 3.60. The number of carboxylic acid groups (broad SMARTS) is 2. The van der Waals surface area contributed by atoms with Crippen molar-refractivity contribution in [1.82, 2.24) is 0 Å². The van der Waals surface area contributed by atoms with Crippen molar-refractivity contribution >= 4 is 11.9 Å². The fourth-order valence-corrected chi connectivity index (χ4v) is 1.54. The number of benzene rings is 1. The molecule has 1 aromatic rings. The molecule has 0 aliphatic carbocycles. The van der Waals surface area contributed by atoms with E-state index in [9.17, 15) is 9.59 Å². The normalized spacial score (nSPS) is 9.94. The zero-order chi connectivity index (χ0) is 12.8. The van der Waals surface area contributed by atoms with E-state index in [0.717, 1.165) is 5.56 Å². The summed E-state index contributed by atoms with van der Waals surface area (Å²) in [4.78, 5) is 21.2. The molecule has 0 saturated heterocycles. The maximum atomic E-state index is 10.7. The van der Waals surface area contributed by atoms with E-state index < -0.39 is 11.9 Å². The summed E-state index contributed by atoms with van der Waals surface area (Å²) >= 11 is 0. The minimum atomic E-state index is -0.949. The molecule has 0 spiro atoms. The van der Waals surface area contributed by atoms with E-state index in [1.54, 1.807) is 18.2 Å². The van der Waals surface area contributed by atoms with Crippen molar-refractivity contribution in [2.24, 2.45) is 0 Å². The summed E-state index contributed by atoms with van der Waals surface area (Å²) in [6.45, 7) is 0. The van der Waals surface area contributed by atoms with E-state index in [2.05, 4.69) is 0 Å². The molecular weight excluding hydrogens is 224 g/mol. The van der Waals surface area contributed by atoms with E-state index in [4.69, 9.17) is 14.9 Å². The Balaban J connectivity index is 2.93. The van der Waals surface area contributed by atoms with Gasteiger partial charge in [-0.1, -0.05) is 6.07 Å². The molecule has 0 aliphatic heterocycles. The minimum absolute atomic E-state index is 0.0149. The van der Waals surface area contributed by atoms with Gasteiger partial charge in [0.25, 0.3) is 0 Å². The molecule has 0 heterocycles. The first-order valence-electron chi connectivity index (χ1n) is 5.12. The van der Waals surface area contributed by atoms with Crippen LogP contribution in [0.3, 0.4) is 0 Å². The first kappa shape index (κ1) is 13.0. The molecular formula is C12H14O5. The summed E-state index contributed by atoms with van der Waals surface area (Å²) in [5.41, 5.74) is 1.33. The fraction of sp³-hybridized carbons (Fsp3) is 0.333. The third-order valence-corrected chi connectivity index (χ3v) is 2.36. The zero-order valence-electron chi connectivity index (χ0n) is 9.47. The van der Waals surface area contributed by atoms with Gasteiger partial charge in [0, 0.05) is 6.42 Å². The number of carboxylic acids is 2. The topological polar surface area (TPSA) is 83.8 Å². The molecule has 5 nitrogen and oxygen atoms in total. The molecule has 0 fully saturated rings. The van der Waals surface area contributed by atoms with Crippen LogP contribution in [0.5, 0.6) is 5.75 Å². The molecule has 0 bridgehead atoms. The first-order chi connectivity index (χ1) is 8.02. The number of hydrogen-bond donors (Lipinski definition) is 2. The Morgan fingerprint density at radius 1 is 1.18 bits per heavy atom. The highest BCUT2D eigenvalue weighted by molar-refractivity contribution is 5.71. The Labute approximate surface area is 98.6 Å². The van der Waals surface area contributed by atoms with Crippen LogP contribution in [0.1, 0.15) is 17.5 Å². The van der Waals surface area contributed by atoms with Gasteiger partial charge in [-0.25, -0.2) is 0 Å². The molecule has 1 rings (SSSR count). The number of hydrogen-bond acceptors (Lipinski definition) is 3. The summed E-state index contributed by atoms with van der Waals surface area (Å²) in [6, 6.07) is 5.04. The maximum Gasteiger partial charge on any atom is 0.307 e. The maximum absolute atomic E-state index is 10.7. The van der Waals surface area contributed by atoms with Crippen LogP contribution < -0.4 is 4.74 Å². The van der Waals surface area contributed by atoms with Gasteiger partial charge in [-0.15, -0.1) is 0 Å². The Kier molecular flexibility index (Phi) is 4.51. The van der Waals surface area contributed by atoms with Crippen LogP contribution in [0.15, 0.2) is 18.2 Å². The highest BCUT2D eigenvalue weighted by Gasteiger charge is 2.09. The first-order valence-corrected chi connectivity index (χ1v) is 5.12. The average molecular weight is 238 g/mol. The monoisotopic (exact) mass is 238 g/mol. The standard InChI is InChI=1S/C12H14O5/c1-17-10-4-2-8(3-5-11(13)14)9(6-10)7-12(15)16/h2,4,6H,3,5,7H2,1H3,(H,13,14)(H,15,16). The van der Waals surface area contributed by atoms with Gasteiger partial charge >= 0.3 is 11.9 Å². The summed E-state index contributed by atoms with van der Waals surface area (Å²) in [6.07, 6.45) is 0.174. The molecule has 1 aromatic carbocycles. The van der Waals surface area contributed by atoms with Crippen LogP contribution >= 0.6 is 0 Å². The molecule has 0 aliphatic rings.